The number of aromatic nitrogens is 1. The van der Waals surface area contributed by atoms with Gasteiger partial charge in [0, 0.05) is 32.6 Å². The highest BCUT2D eigenvalue weighted by Crippen LogP contribution is 2.28. The van der Waals surface area contributed by atoms with Crippen molar-refractivity contribution >= 4 is 17.7 Å². The maximum Gasteiger partial charge on any atom is 0.269 e. The molecule has 0 spiro atoms. The number of hydrogen-bond acceptors (Lipinski definition) is 4. The smallest absolute Gasteiger partial charge is 0.269 e. The van der Waals surface area contributed by atoms with Crippen molar-refractivity contribution in [3.63, 3.8) is 0 Å². The van der Waals surface area contributed by atoms with E-state index in [4.69, 9.17) is 0 Å². The number of nitrogens with one attached hydrogen (secondary N) is 2. The van der Waals surface area contributed by atoms with Crippen LogP contribution in [0, 0.1) is 5.92 Å². The normalized spacial score (nSPS) is 13.3. The molecule has 148 valence electrons. The van der Waals surface area contributed by atoms with Gasteiger partial charge >= 0.3 is 0 Å². The van der Waals surface area contributed by atoms with Gasteiger partial charge in [0.1, 0.15) is 11.4 Å². The van der Waals surface area contributed by atoms with Crippen LogP contribution in [0.4, 0.5) is 0 Å². The van der Waals surface area contributed by atoms with E-state index in [1.165, 1.54) is 7.05 Å². The third kappa shape index (κ3) is 6.66. The van der Waals surface area contributed by atoms with Crippen LogP contribution in [0.15, 0.2) is 18.2 Å². The molecule has 0 unspecified atom stereocenters. The second-order valence-electron chi connectivity index (χ2n) is 7.35. The summed E-state index contributed by atoms with van der Waals surface area (Å²) >= 11 is 0. The number of amides is 3. The maximum atomic E-state index is 12.4. The molecule has 0 atom stereocenters. The monoisotopic (exact) mass is 374 g/mol. The van der Waals surface area contributed by atoms with Crippen molar-refractivity contribution in [2.24, 2.45) is 5.92 Å². The molecule has 1 aliphatic rings. The Balaban J connectivity index is 1.78. The van der Waals surface area contributed by atoms with Crippen molar-refractivity contribution < 1.29 is 14.4 Å². The molecule has 27 heavy (non-hydrogen) atoms. The van der Waals surface area contributed by atoms with Gasteiger partial charge in [-0.25, -0.2) is 4.98 Å². The van der Waals surface area contributed by atoms with Crippen LogP contribution in [0.1, 0.15) is 66.9 Å². The van der Waals surface area contributed by atoms with E-state index in [-0.39, 0.29) is 29.1 Å². The number of rotatable bonds is 10. The Kier molecular flexibility index (Phi) is 7.76. The van der Waals surface area contributed by atoms with Crippen LogP contribution in [0.5, 0.6) is 0 Å². The van der Waals surface area contributed by atoms with Crippen LogP contribution >= 0.6 is 0 Å². The Morgan fingerprint density at radius 1 is 1.19 bits per heavy atom. The number of carbonyl (C=O) groups excluding carboxylic acids is 3. The van der Waals surface area contributed by atoms with Gasteiger partial charge in [-0.3, -0.25) is 14.4 Å². The summed E-state index contributed by atoms with van der Waals surface area (Å²) in [4.78, 5) is 42.3. The van der Waals surface area contributed by atoms with Crippen molar-refractivity contribution in [1.82, 2.24) is 20.5 Å². The molecule has 1 aromatic heterocycles. The van der Waals surface area contributed by atoms with Crippen molar-refractivity contribution in [1.29, 1.82) is 0 Å². The highest BCUT2D eigenvalue weighted by atomic mass is 16.2. The van der Waals surface area contributed by atoms with E-state index in [0.717, 1.165) is 19.3 Å². The SMILES string of the molecule is CNC(=O)c1cccc(C(=O)NCCCN(C(=O)CCC(C)C)C2CC2)n1. The number of carbonyl (C=O) groups is 3. The average molecular weight is 374 g/mol. The molecular weight excluding hydrogens is 344 g/mol. The van der Waals surface area contributed by atoms with Crippen LogP contribution in [0.25, 0.3) is 0 Å². The second-order valence-corrected chi connectivity index (χ2v) is 7.35. The van der Waals surface area contributed by atoms with Crippen LogP contribution in [-0.2, 0) is 4.79 Å². The average Bonchev–Trinajstić information content (AvgIpc) is 3.50. The summed E-state index contributed by atoms with van der Waals surface area (Å²) < 4.78 is 0. The summed E-state index contributed by atoms with van der Waals surface area (Å²) in [5.41, 5.74) is 0.420. The van der Waals surface area contributed by atoms with Gasteiger partial charge in [0.25, 0.3) is 11.8 Å². The molecule has 1 aliphatic carbocycles. The Morgan fingerprint density at radius 3 is 2.44 bits per heavy atom. The van der Waals surface area contributed by atoms with Gasteiger partial charge in [0.15, 0.2) is 0 Å². The molecule has 2 N–H and O–H groups in total. The van der Waals surface area contributed by atoms with Crippen LogP contribution < -0.4 is 10.6 Å². The first-order chi connectivity index (χ1) is 12.9. The fourth-order valence-electron chi connectivity index (χ4n) is 2.81. The Labute approximate surface area is 160 Å². The van der Waals surface area contributed by atoms with Gasteiger partial charge in [-0.2, -0.15) is 0 Å². The zero-order valence-corrected chi connectivity index (χ0v) is 16.5. The number of hydrogen-bond donors (Lipinski definition) is 2. The van der Waals surface area contributed by atoms with E-state index in [0.29, 0.717) is 37.9 Å². The maximum absolute atomic E-state index is 12.4. The zero-order chi connectivity index (χ0) is 19.8. The third-order valence-corrected chi connectivity index (χ3v) is 4.55. The van der Waals surface area contributed by atoms with E-state index in [1.807, 2.05) is 4.90 Å². The van der Waals surface area contributed by atoms with Crippen LogP contribution in [-0.4, -0.2) is 53.8 Å². The van der Waals surface area contributed by atoms with E-state index >= 15 is 0 Å². The quantitative estimate of drug-likeness (QED) is 0.613. The fraction of sp³-hybridized carbons (Fsp3) is 0.600. The zero-order valence-electron chi connectivity index (χ0n) is 16.5. The van der Waals surface area contributed by atoms with Gasteiger partial charge in [-0.15, -0.1) is 0 Å². The molecule has 1 fully saturated rings. The Hall–Kier alpha value is -2.44. The van der Waals surface area contributed by atoms with Crippen LogP contribution in [0.2, 0.25) is 0 Å². The third-order valence-electron chi connectivity index (χ3n) is 4.55. The van der Waals surface area contributed by atoms with Gasteiger partial charge < -0.3 is 15.5 Å². The molecule has 0 aliphatic heterocycles. The van der Waals surface area contributed by atoms with E-state index < -0.39 is 0 Å². The van der Waals surface area contributed by atoms with Gasteiger partial charge in [0.05, 0.1) is 0 Å². The molecule has 0 aromatic carbocycles. The molecule has 7 heteroatoms. The summed E-state index contributed by atoms with van der Waals surface area (Å²) in [7, 11) is 1.52. The van der Waals surface area contributed by atoms with Crippen molar-refractivity contribution in [3.8, 4) is 0 Å². The number of pyridine rings is 1. The molecule has 1 aromatic rings. The van der Waals surface area contributed by atoms with Gasteiger partial charge in [-0.1, -0.05) is 19.9 Å². The highest BCUT2D eigenvalue weighted by Gasteiger charge is 2.31. The van der Waals surface area contributed by atoms with Crippen molar-refractivity contribution in [2.45, 2.75) is 52.0 Å². The van der Waals surface area contributed by atoms with E-state index in [2.05, 4.69) is 29.5 Å². The first-order valence-corrected chi connectivity index (χ1v) is 9.69. The largest absolute Gasteiger partial charge is 0.354 e. The Morgan fingerprint density at radius 2 is 1.85 bits per heavy atom. The molecule has 7 nitrogen and oxygen atoms in total. The highest BCUT2D eigenvalue weighted by molar-refractivity contribution is 5.96. The van der Waals surface area contributed by atoms with E-state index in [9.17, 15) is 14.4 Å². The molecule has 2 rings (SSSR count). The first-order valence-electron chi connectivity index (χ1n) is 9.69. The Bertz CT molecular complexity index is 671. The molecule has 1 saturated carbocycles. The van der Waals surface area contributed by atoms with Crippen molar-refractivity contribution in [2.75, 3.05) is 20.1 Å². The molecule has 0 radical (unpaired) electrons. The lowest BCUT2D eigenvalue weighted by molar-refractivity contribution is -0.132. The number of nitrogens with zero attached hydrogens (tertiary/aromatic N) is 2. The minimum Gasteiger partial charge on any atom is -0.354 e. The predicted molar refractivity (Wildman–Crippen MR) is 103 cm³/mol. The lowest BCUT2D eigenvalue weighted by atomic mass is 10.1. The first kappa shape index (κ1) is 20.9. The molecule has 1 heterocycles. The summed E-state index contributed by atoms with van der Waals surface area (Å²) in [6.07, 6.45) is 4.36. The van der Waals surface area contributed by atoms with Crippen LogP contribution in [0.3, 0.4) is 0 Å². The minimum atomic E-state index is -0.329. The summed E-state index contributed by atoms with van der Waals surface area (Å²) in [5.74, 6) is 0.0966. The summed E-state index contributed by atoms with van der Waals surface area (Å²) in [6, 6.07) is 5.15. The molecular formula is C20H30N4O3. The van der Waals surface area contributed by atoms with Gasteiger partial charge in [-0.05, 0) is 43.7 Å². The predicted octanol–water partition coefficient (Wildman–Crippen LogP) is 1.99. The molecule has 0 bridgehead atoms. The fourth-order valence-corrected chi connectivity index (χ4v) is 2.81. The minimum absolute atomic E-state index is 0.209. The lowest BCUT2D eigenvalue weighted by Crippen LogP contribution is -2.36. The lowest BCUT2D eigenvalue weighted by Gasteiger charge is -2.23. The standard InChI is InChI=1S/C20H30N4O3/c1-14(2)8-11-18(25)24(15-9-10-15)13-5-12-22-20(27)17-7-4-6-16(23-17)19(26)21-3/h4,6-7,14-15H,5,8-13H2,1-3H3,(H,21,26)(H,22,27). The molecule has 0 saturated heterocycles. The van der Waals surface area contributed by atoms with Gasteiger partial charge in [0.2, 0.25) is 5.91 Å². The van der Waals surface area contributed by atoms with E-state index in [1.54, 1.807) is 18.2 Å². The summed E-state index contributed by atoms with van der Waals surface area (Å²) in [6.45, 7) is 5.37. The topological polar surface area (TPSA) is 91.4 Å². The second kappa shape index (κ2) is 10.0. The molecule has 3 amide bonds. The van der Waals surface area contributed by atoms with Crippen molar-refractivity contribution in [3.05, 3.63) is 29.6 Å². The summed E-state index contributed by atoms with van der Waals surface area (Å²) in [5, 5.41) is 5.30.